The Hall–Kier alpha value is -2.64. The van der Waals surface area contributed by atoms with Crippen LogP contribution in [0.2, 0.25) is 0 Å². The number of methoxy groups -OCH3 is 3. The van der Waals surface area contributed by atoms with Crippen LogP contribution in [0.25, 0.3) is 0 Å². The maximum absolute atomic E-state index is 6.23. The summed E-state index contributed by atoms with van der Waals surface area (Å²) in [4.78, 5) is 0. The third kappa shape index (κ3) is 2.96. The summed E-state index contributed by atoms with van der Waals surface area (Å²) in [5.74, 6) is 3.93. The fourth-order valence-electron chi connectivity index (χ4n) is 4.58. The van der Waals surface area contributed by atoms with Crippen LogP contribution in [0.5, 0.6) is 28.7 Å². The minimum atomic E-state index is -0.0754. The van der Waals surface area contributed by atoms with Gasteiger partial charge in [-0.2, -0.15) is 0 Å². The van der Waals surface area contributed by atoms with Crippen LogP contribution in [0.1, 0.15) is 23.3 Å². The molecular formula is C22H24O7. The first-order valence-electron chi connectivity index (χ1n) is 9.66. The lowest BCUT2D eigenvalue weighted by Crippen LogP contribution is -2.14. The van der Waals surface area contributed by atoms with Gasteiger partial charge in [-0.15, -0.1) is 0 Å². The lowest BCUT2D eigenvalue weighted by molar-refractivity contribution is 0.0191. The standard InChI is InChI=1S/C22H24O7/c1-23-16-5-4-12(6-17(16)24-2)20-14-9-27-21(15(14)10-26-20)13-7-18(25-3)22-19(8-13)28-11-29-22/h4-8,14-15,20-21H,9-11H2,1-3H3/t14-,15-,20-,21-/m0/s1. The van der Waals surface area contributed by atoms with Crippen molar-refractivity contribution in [2.24, 2.45) is 11.8 Å². The molecule has 154 valence electrons. The molecule has 0 radical (unpaired) electrons. The molecule has 0 aromatic heterocycles. The first-order valence-corrected chi connectivity index (χ1v) is 9.66. The molecule has 2 saturated heterocycles. The van der Waals surface area contributed by atoms with Gasteiger partial charge in [0.25, 0.3) is 0 Å². The van der Waals surface area contributed by atoms with Gasteiger partial charge in [-0.3, -0.25) is 0 Å². The van der Waals surface area contributed by atoms with E-state index in [1.165, 1.54) is 0 Å². The molecule has 29 heavy (non-hydrogen) atoms. The Labute approximate surface area is 169 Å². The molecule has 0 bridgehead atoms. The molecule has 0 saturated carbocycles. The second-order valence-corrected chi connectivity index (χ2v) is 7.41. The van der Waals surface area contributed by atoms with Crippen molar-refractivity contribution in [2.75, 3.05) is 41.3 Å². The highest BCUT2D eigenvalue weighted by molar-refractivity contribution is 5.55. The first-order chi connectivity index (χ1) is 14.2. The smallest absolute Gasteiger partial charge is 0.231 e. The molecular weight excluding hydrogens is 376 g/mol. The molecule has 7 heteroatoms. The van der Waals surface area contributed by atoms with Crippen molar-refractivity contribution in [3.05, 3.63) is 41.5 Å². The van der Waals surface area contributed by atoms with Gasteiger partial charge in [0.1, 0.15) is 0 Å². The van der Waals surface area contributed by atoms with Gasteiger partial charge < -0.3 is 33.2 Å². The van der Waals surface area contributed by atoms with Crippen molar-refractivity contribution in [3.8, 4) is 28.7 Å². The maximum Gasteiger partial charge on any atom is 0.231 e. The van der Waals surface area contributed by atoms with Crippen LogP contribution in [0.3, 0.4) is 0 Å². The number of benzene rings is 2. The molecule has 0 aliphatic carbocycles. The molecule has 4 atom stereocenters. The second-order valence-electron chi connectivity index (χ2n) is 7.41. The predicted molar refractivity (Wildman–Crippen MR) is 103 cm³/mol. The van der Waals surface area contributed by atoms with Crippen LogP contribution in [0, 0.1) is 11.8 Å². The van der Waals surface area contributed by atoms with Gasteiger partial charge in [0.05, 0.1) is 46.8 Å². The van der Waals surface area contributed by atoms with Crippen LogP contribution in [0.15, 0.2) is 30.3 Å². The number of hydrogen-bond acceptors (Lipinski definition) is 7. The normalized spacial score (nSPS) is 27.0. The topological polar surface area (TPSA) is 64.6 Å². The second kappa shape index (κ2) is 7.31. The summed E-state index contributed by atoms with van der Waals surface area (Å²) in [7, 11) is 4.90. The zero-order chi connectivity index (χ0) is 20.0. The third-order valence-electron chi connectivity index (χ3n) is 6.01. The van der Waals surface area contributed by atoms with E-state index < -0.39 is 0 Å². The molecule has 0 spiro atoms. The van der Waals surface area contributed by atoms with E-state index >= 15 is 0 Å². The van der Waals surface area contributed by atoms with Crippen molar-refractivity contribution >= 4 is 0 Å². The lowest BCUT2D eigenvalue weighted by Gasteiger charge is -2.18. The van der Waals surface area contributed by atoms with E-state index in [9.17, 15) is 0 Å². The molecule has 3 aliphatic heterocycles. The maximum atomic E-state index is 6.23. The molecule has 3 heterocycles. The number of hydrogen-bond donors (Lipinski definition) is 0. The number of rotatable bonds is 5. The largest absolute Gasteiger partial charge is 0.493 e. The highest BCUT2D eigenvalue weighted by Crippen LogP contribution is 2.53. The molecule has 2 aromatic carbocycles. The fraction of sp³-hybridized carbons (Fsp3) is 0.455. The number of fused-ring (bicyclic) bond motifs is 2. The monoisotopic (exact) mass is 400 g/mol. The average Bonchev–Trinajstić information content (AvgIpc) is 3.48. The van der Waals surface area contributed by atoms with Crippen LogP contribution >= 0.6 is 0 Å². The highest BCUT2D eigenvalue weighted by atomic mass is 16.7. The summed E-state index contributed by atoms with van der Waals surface area (Å²) < 4.78 is 39.8. The van der Waals surface area contributed by atoms with Crippen LogP contribution in [-0.2, 0) is 9.47 Å². The Balaban J connectivity index is 1.41. The quantitative estimate of drug-likeness (QED) is 0.761. The summed E-state index contributed by atoms with van der Waals surface area (Å²) in [5, 5.41) is 0. The van der Waals surface area contributed by atoms with Crippen molar-refractivity contribution in [1.82, 2.24) is 0 Å². The third-order valence-corrected chi connectivity index (χ3v) is 6.01. The van der Waals surface area contributed by atoms with E-state index in [-0.39, 0.29) is 30.8 Å². The lowest BCUT2D eigenvalue weighted by atomic mass is 9.85. The average molecular weight is 400 g/mol. The SMILES string of the molecule is COc1ccc([C@@H]2OC[C@H]3[C@@H]2CO[C@H]3c2cc(OC)c3c(c2)OCO3)cc1OC. The van der Waals surface area contributed by atoms with Gasteiger partial charge >= 0.3 is 0 Å². The van der Waals surface area contributed by atoms with Crippen molar-refractivity contribution in [1.29, 1.82) is 0 Å². The van der Waals surface area contributed by atoms with Gasteiger partial charge in [-0.05, 0) is 35.4 Å². The summed E-state index contributed by atoms with van der Waals surface area (Å²) in [5.41, 5.74) is 2.10. The van der Waals surface area contributed by atoms with Crippen LogP contribution in [0.4, 0.5) is 0 Å². The molecule has 2 fully saturated rings. The first kappa shape index (κ1) is 18.4. The minimum Gasteiger partial charge on any atom is -0.493 e. The van der Waals surface area contributed by atoms with Crippen molar-refractivity contribution in [2.45, 2.75) is 12.2 Å². The summed E-state index contributed by atoms with van der Waals surface area (Å²) >= 11 is 0. The molecule has 0 amide bonds. The minimum absolute atomic E-state index is 0.0410. The predicted octanol–water partition coefficient (Wildman–Crippen LogP) is 3.52. The van der Waals surface area contributed by atoms with E-state index in [0.29, 0.717) is 42.0 Å². The molecule has 5 rings (SSSR count). The summed E-state index contributed by atoms with van der Waals surface area (Å²) in [6.07, 6.45) is -0.116. The van der Waals surface area contributed by atoms with Gasteiger partial charge in [0, 0.05) is 11.8 Å². The van der Waals surface area contributed by atoms with Crippen molar-refractivity contribution in [3.63, 3.8) is 0 Å². The molecule has 0 N–H and O–H groups in total. The molecule has 3 aliphatic rings. The highest BCUT2D eigenvalue weighted by Gasteiger charge is 2.48. The van der Waals surface area contributed by atoms with E-state index in [1.807, 2.05) is 30.3 Å². The molecule has 0 unspecified atom stereocenters. The summed E-state index contributed by atoms with van der Waals surface area (Å²) in [6, 6.07) is 9.90. The summed E-state index contributed by atoms with van der Waals surface area (Å²) in [6.45, 7) is 1.47. The van der Waals surface area contributed by atoms with E-state index in [2.05, 4.69) is 0 Å². The fourth-order valence-corrected chi connectivity index (χ4v) is 4.58. The van der Waals surface area contributed by atoms with Gasteiger partial charge in [0.2, 0.25) is 12.5 Å². The van der Waals surface area contributed by atoms with Crippen molar-refractivity contribution < 1.29 is 33.2 Å². The van der Waals surface area contributed by atoms with E-state index in [0.717, 1.165) is 11.1 Å². The van der Waals surface area contributed by atoms with Crippen LogP contribution < -0.4 is 23.7 Å². The molecule has 7 nitrogen and oxygen atoms in total. The van der Waals surface area contributed by atoms with Gasteiger partial charge in [-0.25, -0.2) is 0 Å². The van der Waals surface area contributed by atoms with E-state index in [1.54, 1.807) is 21.3 Å². The van der Waals surface area contributed by atoms with E-state index in [4.69, 9.17) is 33.2 Å². The van der Waals surface area contributed by atoms with Gasteiger partial charge in [0.15, 0.2) is 23.0 Å². The Morgan fingerprint density at radius 3 is 2.07 bits per heavy atom. The Morgan fingerprint density at radius 2 is 1.38 bits per heavy atom. The van der Waals surface area contributed by atoms with Crippen LogP contribution in [-0.4, -0.2) is 41.3 Å². The Kier molecular flexibility index (Phi) is 4.64. The molecule has 2 aromatic rings. The Morgan fingerprint density at radius 1 is 0.724 bits per heavy atom. The van der Waals surface area contributed by atoms with Gasteiger partial charge in [-0.1, -0.05) is 6.07 Å². The zero-order valence-corrected chi connectivity index (χ0v) is 16.7. The Bertz CT molecular complexity index is 912. The number of ether oxygens (including phenoxy) is 7. The zero-order valence-electron chi connectivity index (χ0n) is 16.7.